The van der Waals surface area contributed by atoms with Gasteiger partial charge in [0.05, 0.1) is 5.69 Å². The number of thioether (sulfide) groups is 1. The molecule has 1 aromatic heterocycles. The molecule has 1 aromatic rings. The van der Waals surface area contributed by atoms with Gasteiger partial charge in [-0.1, -0.05) is 26.7 Å². The van der Waals surface area contributed by atoms with Gasteiger partial charge in [0, 0.05) is 17.1 Å². The summed E-state index contributed by atoms with van der Waals surface area (Å²) in [5.41, 5.74) is 1.15. The fourth-order valence-electron chi connectivity index (χ4n) is 1.79. The van der Waals surface area contributed by atoms with E-state index in [1.54, 1.807) is 0 Å². The van der Waals surface area contributed by atoms with Gasteiger partial charge in [0.25, 0.3) is 0 Å². The summed E-state index contributed by atoms with van der Waals surface area (Å²) in [6.07, 6.45) is 7.00. The van der Waals surface area contributed by atoms with Gasteiger partial charge < -0.3 is 5.32 Å². The Balaban J connectivity index is 2.44. The lowest BCUT2D eigenvalue weighted by molar-refractivity contribution is 0.561. The van der Waals surface area contributed by atoms with Crippen molar-refractivity contribution < 1.29 is 0 Å². The molecule has 0 radical (unpaired) electrons. The summed E-state index contributed by atoms with van der Waals surface area (Å²) in [7, 11) is 1.99. The zero-order valence-corrected chi connectivity index (χ0v) is 12.0. The SMILES string of the molecule is CCCCCSc1ccc(C(CC)NC)nc1. The van der Waals surface area contributed by atoms with Crippen LogP contribution in [0.3, 0.4) is 0 Å². The second kappa shape index (κ2) is 8.54. The van der Waals surface area contributed by atoms with Crippen LogP contribution < -0.4 is 5.32 Å². The minimum Gasteiger partial charge on any atom is -0.312 e. The first kappa shape index (κ1) is 14.5. The monoisotopic (exact) mass is 252 g/mol. The first-order chi connectivity index (χ1) is 8.31. The first-order valence-electron chi connectivity index (χ1n) is 6.57. The predicted octanol–water partition coefficient (Wildman–Crippen LogP) is 4.03. The number of unbranched alkanes of at least 4 members (excludes halogenated alkanes) is 2. The van der Waals surface area contributed by atoms with Gasteiger partial charge in [-0.25, -0.2) is 0 Å². The Labute approximate surface area is 110 Å². The van der Waals surface area contributed by atoms with Gasteiger partial charge in [0.1, 0.15) is 0 Å². The van der Waals surface area contributed by atoms with E-state index in [2.05, 4.69) is 36.3 Å². The second-order valence-corrected chi connectivity index (χ2v) is 5.39. The average Bonchev–Trinajstić information content (AvgIpc) is 2.38. The molecule has 1 unspecified atom stereocenters. The summed E-state index contributed by atoms with van der Waals surface area (Å²) in [5, 5.41) is 3.28. The molecule has 0 aliphatic carbocycles. The fourth-order valence-corrected chi connectivity index (χ4v) is 2.66. The lowest BCUT2D eigenvalue weighted by Gasteiger charge is -2.13. The van der Waals surface area contributed by atoms with E-state index in [4.69, 9.17) is 0 Å². The molecule has 1 rings (SSSR count). The highest BCUT2D eigenvalue weighted by molar-refractivity contribution is 7.99. The summed E-state index contributed by atoms with van der Waals surface area (Å²) in [6, 6.07) is 4.72. The van der Waals surface area contributed by atoms with Crippen molar-refractivity contribution in [2.24, 2.45) is 0 Å². The Bertz CT molecular complexity index is 294. The molecular formula is C14H24N2S. The van der Waals surface area contributed by atoms with Crippen LogP contribution in [0.25, 0.3) is 0 Å². The van der Waals surface area contributed by atoms with E-state index in [1.165, 1.54) is 29.9 Å². The number of rotatable bonds is 8. The summed E-state index contributed by atoms with van der Waals surface area (Å²) in [5.74, 6) is 1.21. The molecule has 1 heterocycles. The van der Waals surface area contributed by atoms with E-state index in [0.29, 0.717) is 6.04 Å². The van der Waals surface area contributed by atoms with E-state index in [9.17, 15) is 0 Å². The van der Waals surface area contributed by atoms with E-state index in [0.717, 1.165) is 12.1 Å². The number of hydrogen-bond acceptors (Lipinski definition) is 3. The fraction of sp³-hybridized carbons (Fsp3) is 0.643. The van der Waals surface area contributed by atoms with Gasteiger partial charge in [-0.3, -0.25) is 4.98 Å². The molecule has 96 valence electrons. The summed E-state index contributed by atoms with van der Waals surface area (Å²) in [4.78, 5) is 5.82. The third kappa shape index (κ3) is 5.09. The van der Waals surface area contributed by atoms with Crippen LogP contribution >= 0.6 is 11.8 Å². The van der Waals surface area contributed by atoms with E-state index >= 15 is 0 Å². The lowest BCUT2D eigenvalue weighted by Crippen LogP contribution is -2.16. The molecule has 3 heteroatoms. The minimum absolute atomic E-state index is 0.383. The standard InChI is InChI=1S/C14H24N2S/c1-4-6-7-10-17-12-8-9-14(16-11-12)13(5-2)15-3/h8-9,11,13,15H,4-7,10H2,1-3H3. The van der Waals surface area contributed by atoms with E-state index in [1.807, 2.05) is 25.0 Å². The minimum atomic E-state index is 0.383. The quantitative estimate of drug-likeness (QED) is 0.558. The molecule has 0 saturated heterocycles. The van der Waals surface area contributed by atoms with Crippen molar-refractivity contribution in [3.05, 3.63) is 24.0 Å². The van der Waals surface area contributed by atoms with Crippen LogP contribution in [0.5, 0.6) is 0 Å². The number of nitrogens with one attached hydrogen (secondary N) is 1. The third-order valence-corrected chi connectivity index (χ3v) is 3.96. The largest absolute Gasteiger partial charge is 0.312 e. The van der Waals surface area contributed by atoms with Gasteiger partial charge in [-0.2, -0.15) is 0 Å². The number of aromatic nitrogens is 1. The van der Waals surface area contributed by atoms with Crippen LogP contribution in [-0.4, -0.2) is 17.8 Å². The Kier molecular flexibility index (Phi) is 7.29. The van der Waals surface area contributed by atoms with Gasteiger partial charge in [0.2, 0.25) is 0 Å². The Hall–Kier alpha value is -0.540. The Morgan fingerprint density at radius 1 is 1.29 bits per heavy atom. The van der Waals surface area contributed by atoms with Crippen LogP contribution in [0.15, 0.2) is 23.2 Å². The topological polar surface area (TPSA) is 24.9 Å². The Morgan fingerprint density at radius 3 is 2.65 bits per heavy atom. The molecule has 1 N–H and O–H groups in total. The molecule has 1 atom stereocenters. The molecule has 0 amide bonds. The van der Waals surface area contributed by atoms with Crippen molar-refractivity contribution in [2.45, 2.75) is 50.5 Å². The number of nitrogens with zero attached hydrogens (tertiary/aromatic N) is 1. The van der Waals surface area contributed by atoms with Crippen LogP contribution in [-0.2, 0) is 0 Å². The summed E-state index contributed by atoms with van der Waals surface area (Å²) >= 11 is 1.91. The van der Waals surface area contributed by atoms with Gasteiger partial charge in [-0.15, -0.1) is 11.8 Å². The molecule has 0 fully saturated rings. The molecule has 0 aliphatic rings. The van der Waals surface area contributed by atoms with Crippen LogP contribution in [0, 0.1) is 0 Å². The van der Waals surface area contributed by atoms with E-state index in [-0.39, 0.29) is 0 Å². The molecule has 0 spiro atoms. The van der Waals surface area contributed by atoms with Gasteiger partial charge >= 0.3 is 0 Å². The highest BCUT2D eigenvalue weighted by Gasteiger charge is 2.07. The average molecular weight is 252 g/mol. The summed E-state index contributed by atoms with van der Waals surface area (Å²) in [6.45, 7) is 4.42. The lowest BCUT2D eigenvalue weighted by atomic mass is 10.1. The molecule has 0 saturated carbocycles. The zero-order chi connectivity index (χ0) is 12.5. The maximum Gasteiger partial charge on any atom is 0.0573 e. The zero-order valence-electron chi connectivity index (χ0n) is 11.2. The van der Waals surface area contributed by atoms with Crippen molar-refractivity contribution in [1.82, 2.24) is 10.3 Å². The van der Waals surface area contributed by atoms with Crippen molar-refractivity contribution in [3.8, 4) is 0 Å². The molecule has 2 nitrogen and oxygen atoms in total. The third-order valence-electron chi connectivity index (χ3n) is 2.89. The smallest absolute Gasteiger partial charge is 0.0573 e. The van der Waals surface area contributed by atoms with Crippen molar-refractivity contribution in [3.63, 3.8) is 0 Å². The van der Waals surface area contributed by atoms with E-state index < -0.39 is 0 Å². The molecular weight excluding hydrogens is 228 g/mol. The molecule has 17 heavy (non-hydrogen) atoms. The van der Waals surface area contributed by atoms with Crippen LogP contribution in [0.4, 0.5) is 0 Å². The molecule has 0 aliphatic heterocycles. The Morgan fingerprint density at radius 2 is 2.12 bits per heavy atom. The maximum atomic E-state index is 4.54. The second-order valence-electron chi connectivity index (χ2n) is 4.22. The highest BCUT2D eigenvalue weighted by atomic mass is 32.2. The number of hydrogen-bond donors (Lipinski definition) is 1. The first-order valence-corrected chi connectivity index (χ1v) is 7.56. The molecule has 0 aromatic carbocycles. The van der Waals surface area contributed by atoms with Crippen LogP contribution in [0.1, 0.15) is 51.3 Å². The van der Waals surface area contributed by atoms with Gasteiger partial charge in [0.15, 0.2) is 0 Å². The van der Waals surface area contributed by atoms with Crippen LogP contribution in [0.2, 0.25) is 0 Å². The van der Waals surface area contributed by atoms with Gasteiger partial charge in [-0.05, 0) is 37.8 Å². The van der Waals surface area contributed by atoms with Crippen molar-refractivity contribution in [2.75, 3.05) is 12.8 Å². The molecule has 0 bridgehead atoms. The van der Waals surface area contributed by atoms with Crippen molar-refractivity contribution in [1.29, 1.82) is 0 Å². The van der Waals surface area contributed by atoms with Crippen molar-refractivity contribution >= 4 is 11.8 Å². The predicted molar refractivity (Wildman–Crippen MR) is 76.6 cm³/mol. The summed E-state index contributed by atoms with van der Waals surface area (Å²) < 4.78 is 0. The highest BCUT2D eigenvalue weighted by Crippen LogP contribution is 2.21. The number of pyridine rings is 1. The maximum absolute atomic E-state index is 4.54. The normalized spacial score (nSPS) is 12.6.